The van der Waals surface area contributed by atoms with Gasteiger partial charge in [0.1, 0.15) is 17.1 Å². The Balaban J connectivity index is 1.81. The lowest BCUT2D eigenvalue weighted by Gasteiger charge is -2.27. The average molecular weight is 322 g/mol. The summed E-state index contributed by atoms with van der Waals surface area (Å²) in [4.78, 5) is 12.6. The summed E-state index contributed by atoms with van der Waals surface area (Å²) in [6, 6.07) is 11.5. The first-order valence-electron chi connectivity index (χ1n) is 8.07. The molecule has 0 atom stereocenters. The van der Waals surface area contributed by atoms with Crippen LogP contribution in [0.5, 0.6) is 11.5 Å². The number of rotatable bonds is 4. The summed E-state index contributed by atoms with van der Waals surface area (Å²) in [7, 11) is 1.64. The van der Waals surface area contributed by atoms with Crippen molar-refractivity contribution in [2.75, 3.05) is 7.11 Å². The zero-order valence-corrected chi connectivity index (χ0v) is 14.6. The van der Waals surface area contributed by atoms with Crippen LogP contribution in [0.25, 0.3) is 6.08 Å². The molecule has 3 nitrogen and oxygen atoms in total. The molecule has 124 valence electrons. The van der Waals surface area contributed by atoms with Crippen LogP contribution < -0.4 is 9.47 Å². The molecule has 0 fully saturated rings. The Morgan fingerprint density at radius 2 is 1.96 bits per heavy atom. The predicted molar refractivity (Wildman–Crippen MR) is 95.9 cm³/mol. The Bertz CT molecular complexity index is 816. The molecule has 0 amide bonds. The molecule has 0 saturated heterocycles. The predicted octanol–water partition coefficient (Wildman–Crippen LogP) is 4.61. The SMILES string of the molecule is COc1cc(CC(=O)c2ccc3c(c2)C=CC(C)(C)O3)ccc1C. The van der Waals surface area contributed by atoms with Crippen LogP contribution in [0.3, 0.4) is 0 Å². The van der Waals surface area contributed by atoms with Gasteiger partial charge in [-0.2, -0.15) is 0 Å². The summed E-state index contributed by atoms with van der Waals surface area (Å²) in [5.74, 6) is 1.71. The fourth-order valence-electron chi connectivity index (χ4n) is 2.81. The maximum Gasteiger partial charge on any atom is 0.167 e. The molecular formula is C21H22O3. The molecule has 0 unspecified atom stereocenters. The van der Waals surface area contributed by atoms with E-state index in [4.69, 9.17) is 9.47 Å². The van der Waals surface area contributed by atoms with Crippen LogP contribution in [0.15, 0.2) is 42.5 Å². The maximum atomic E-state index is 12.6. The second kappa shape index (κ2) is 6.16. The summed E-state index contributed by atoms with van der Waals surface area (Å²) >= 11 is 0. The van der Waals surface area contributed by atoms with Gasteiger partial charge in [0.05, 0.1) is 7.11 Å². The Hall–Kier alpha value is -2.55. The van der Waals surface area contributed by atoms with Crippen LogP contribution in [0, 0.1) is 6.92 Å². The van der Waals surface area contributed by atoms with Gasteiger partial charge in [0.25, 0.3) is 0 Å². The summed E-state index contributed by atoms with van der Waals surface area (Å²) in [5, 5.41) is 0. The molecule has 1 heterocycles. The van der Waals surface area contributed by atoms with Crippen molar-refractivity contribution >= 4 is 11.9 Å². The van der Waals surface area contributed by atoms with Gasteiger partial charge in [0, 0.05) is 17.5 Å². The molecule has 0 aromatic heterocycles. The Morgan fingerprint density at radius 3 is 2.71 bits per heavy atom. The van der Waals surface area contributed by atoms with Gasteiger partial charge in [-0.1, -0.05) is 18.2 Å². The van der Waals surface area contributed by atoms with E-state index in [2.05, 4.69) is 0 Å². The van der Waals surface area contributed by atoms with Crippen molar-refractivity contribution in [3.8, 4) is 11.5 Å². The van der Waals surface area contributed by atoms with E-state index in [0.29, 0.717) is 12.0 Å². The van der Waals surface area contributed by atoms with E-state index in [1.54, 1.807) is 7.11 Å². The minimum absolute atomic E-state index is 0.0851. The molecule has 3 rings (SSSR count). The van der Waals surface area contributed by atoms with Gasteiger partial charge in [-0.25, -0.2) is 0 Å². The Morgan fingerprint density at radius 1 is 1.17 bits per heavy atom. The van der Waals surface area contributed by atoms with Gasteiger partial charge >= 0.3 is 0 Å². The summed E-state index contributed by atoms with van der Waals surface area (Å²) in [6.45, 7) is 6.01. The number of benzene rings is 2. The lowest BCUT2D eigenvalue weighted by atomic mass is 9.97. The van der Waals surface area contributed by atoms with Crippen LogP contribution in [-0.4, -0.2) is 18.5 Å². The van der Waals surface area contributed by atoms with E-state index in [1.807, 2.05) is 69.3 Å². The molecule has 0 spiro atoms. The van der Waals surface area contributed by atoms with Gasteiger partial charge in [-0.05, 0) is 62.2 Å². The third-order valence-corrected chi connectivity index (χ3v) is 4.21. The minimum atomic E-state index is -0.309. The van der Waals surface area contributed by atoms with Crippen molar-refractivity contribution in [1.82, 2.24) is 0 Å². The highest BCUT2D eigenvalue weighted by Crippen LogP contribution is 2.31. The number of ether oxygens (including phenoxy) is 2. The number of fused-ring (bicyclic) bond motifs is 1. The zero-order valence-electron chi connectivity index (χ0n) is 14.6. The molecule has 2 aromatic rings. The fraction of sp³-hybridized carbons (Fsp3) is 0.286. The lowest BCUT2D eigenvalue weighted by molar-refractivity contribution is 0.0993. The molecule has 2 aromatic carbocycles. The standard InChI is InChI=1S/C21H22O3/c1-14-5-6-15(12-20(14)23-4)11-18(22)16-7-8-19-17(13-16)9-10-21(2,3)24-19/h5-10,12-13H,11H2,1-4H3. The number of hydrogen-bond donors (Lipinski definition) is 0. The highest BCUT2D eigenvalue weighted by molar-refractivity contribution is 5.98. The minimum Gasteiger partial charge on any atom is -0.496 e. The molecule has 0 N–H and O–H groups in total. The number of carbonyl (C=O) groups excluding carboxylic acids is 1. The third kappa shape index (κ3) is 3.35. The van der Waals surface area contributed by atoms with E-state index >= 15 is 0 Å². The molecule has 1 aliphatic heterocycles. The van der Waals surface area contributed by atoms with Gasteiger partial charge < -0.3 is 9.47 Å². The fourth-order valence-corrected chi connectivity index (χ4v) is 2.81. The van der Waals surface area contributed by atoms with Gasteiger partial charge in [0.2, 0.25) is 0 Å². The number of hydrogen-bond acceptors (Lipinski definition) is 3. The third-order valence-electron chi connectivity index (χ3n) is 4.21. The monoisotopic (exact) mass is 322 g/mol. The molecule has 3 heteroatoms. The second-order valence-corrected chi connectivity index (χ2v) is 6.70. The number of Topliss-reactive ketones (excluding diaryl/α,β-unsaturated/α-hetero) is 1. The molecule has 1 aliphatic rings. The van der Waals surface area contributed by atoms with E-state index in [9.17, 15) is 4.79 Å². The topological polar surface area (TPSA) is 35.5 Å². The second-order valence-electron chi connectivity index (χ2n) is 6.70. The molecule has 0 aliphatic carbocycles. The Labute approximate surface area is 142 Å². The number of aryl methyl sites for hydroxylation is 1. The van der Waals surface area contributed by atoms with Crippen LogP contribution >= 0.6 is 0 Å². The number of carbonyl (C=O) groups is 1. The first-order valence-corrected chi connectivity index (χ1v) is 8.07. The van der Waals surface area contributed by atoms with Crippen molar-refractivity contribution in [2.24, 2.45) is 0 Å². The van der Waals surface area contributed by atoms with Gasteiger partial charge in [0.15, 0.2) is 5.78 Å². The smallest absolute Gasteiger partial charge is 0.167 e. The van der Waals surface area contributed by atoms with E-state index < -0.39 is 0 Å². The summed E-state index contributed by atoms with van der Waals surface area (Å²) in [6.07, 6.45) is 4.38. The molecule has 0 saturated carbocycles. The largest absolute Gasteiger partial charge is 0.496 e. The zero-order chi connectivity index (χ0) is 17.3. The van der Waals surface area contributed by atoms with Crippen molar-refractivity contribution in [2.45, 2.75) is 32.8 Å². The van der Waals surface area contributed by atoms with Crippen LogP contribution in [0.4, 0.5) is 0 Å². The van der Waals surface area contributed by atoms with Crippen LogP contribution in [0.1, 0.15) is 40.9 Å². The Kier molecular flexibility index (Phi) is 4.18. The maximum absolute atomic E-state index is 12.6. The molecular weight excluding hydrogens is 300 g/mol. The van der Waals surface area contributed by atoms with Crippen molar-refractivity contribution in [3.63, 3.8) is 0 Å². The first-order chi connectivity index (χ1) is 11.4. The number of methoxy groups -OCH3 is 1. The quantitative estimate of drug-likeness (QED) is 0.771. The van der Waals surface area contributed by atoms with Crippen molar-refractivity contribution in [3.05, 3.63) is 64.7 Å². The highest BCUT2D eigenvalue weighted by atomic mass is 16.5. The lowest BCUT2D eigenvalue weighted by Crippen LogP contribution is -2.27. The van der Waals surface area contributed by atoms with Gasteiger partial charge in [-0.3, -0.25) is 4.79 Å². The van der Waals surface area contributed by atoms with Crippen molar-refractivity contribution in [1.29, 1.82) is 0 Å². The normalized spacial score (nSPS) is 14.7. The molecule has 24 heavy (non-hydrogen) atoms. The van der Waals surface area contributed by atoms with E-state index in [-0.39, 0.29) is 11.4 Å². The van der Waals surface area contributed by atoms with Crippen molar-refractivity contribution < 1.29 is 14.3 Å². The average Bonchev–Trinajstić information content (AvgIpc) is 2.55. The first kappa shape index (κ1) is 16.3. The van der Waals surface area contributed by atoms with E-state index in [0.717, 1.165) is 28.2 Å². The van der Waals surface area contributed by atoms with Crippen LogP contribution in [-0.2, 0) is 6.42 Å². The highest BCUT2D eigenvalue weighted by Gasteiger charge is 2.22. The van der Waals surface area contributed by atoms with E-state index in [1.165, 1.54) is 0 Å². The van der Waals surface area contributed by atoms with Crippen LogP contribution in [0.2, 0.25) is 0 Å². The molecule has 0 bridgehead atoms. The molecule has 0 radical (unpaired) electrons. The number of ketones is 1. The van der Waals surface area contributed by atoms with Gasteiger partial charge in [-0.15, -0.1) is 0 Å². The summed E-state index contributed by atoms with van der Waals surface area (Å²) in [5.41, 5.74) is 3.35. The summed E-state index contributed by atoms with van der Waals surface area (Å²) < 4.78 is 11.2.